The van der Waals surface area contributed by atoms with Gasteiger partial charge in [0, 0.05) is 43.3 Å². The van der Waals surface area contributed by atoms with Crippen LogP contribution in [0.15, 0.2) is 48.5 Å². The Morgan fingerprint density at radius 1 is 1.03 bits per heavy atom. The van der Waals surface area contributed by atoms with E-state index in [1.54, 1.807) is 0 Å². The summed E-state index contributed by atoms with van der Waals surface area (Å²) in [5, 5.41) is 7.97. The van der Waals surface area contributed by atoms with Gasteiger partial charge < -0.3 is 9.64 Å². The molecule has 162 valence electrons. The number of aryl methyl sites for hydroxylation is 2. The molecule has 2 aromatic carbocycles. The number of hydrogen-bond donors (Lipinski definition) is 1. The molecule has 0 spiro atoms. The van der Waals surface area contributed by atoms with Crippen molar-refractivity contribution in [3.63, 3.8) is 0 Å². The van der Waals surface area contributed by atoms with Crippen LogP contribution in [0.2, 0.25) is 5.02 Å². The topological polar surface area (TPSA) is 61.5 Å². The van der Waals surface area contributed by atoms with Gasteiger partial charge in [-0.2, -0.15) is 5.10 Å². The van der Waals surface area contributed by atoms with Crippen LogP contribution in [0, 0.1) is 13.8 Å². The van der Waals surface area contributed by atoms with Gasteiger partial charge in [-0.15, -0.1) is 0 Å². The smallest absolute Gasteiger partial charge is 0.271 e. The minimum atomic E-state index is -0.000326. The normalized spacial score (nSPS) is 14.6. The lowest BCUT2D eigenvalue weighted by Crippen LogP contribution is -2.49. The van der Waals surface area contributed by atoms with Crippen LogP contribution in [0.25, 0.3) is 11.3 Å². The standard InChI is InChI=1S/C24H27ClN4O2/c1-17-3-4-19(15-18(17)2)22-16-23(27-26-22)24(30)29-11-9-28(10-12-29)13-14-31-21-7-5-20(25)6-8-21/h3-8,15-16H,9-14H2,1-2H3,(H,26,27). The second kappa shape index (κ2) is 9.54. The molecule has 0 unspecified atom stereocenters. The maximum absolute atomic E-state index is 12.9. The number of halogens is 1. The second-order valence-electron chi connectivity index (χ2n) is 7.90. The third-order valence-corrected chi connectivity index (χ3v) is 6.01. The average Bonchev–Trinajstić information content (AvgIpc) is 3.27. The molecule has 31 heavy (non-hydrogen) atoms. The molecular weight excluding hydrogens is 412 g/mol. The molecule has 0 aliphatic carbocycles. The molecule has 6 nitrogen and oxygen atoms in total. The number of nitrogens with one attached hydrogen (secondary N) is 1. The van der Waals surface area contributed by atoms with Crippen LogP contribution in [-0.4, -0.2) is 65.2 Å². The Morgan fingerprint density at radius 3 is 2.48 bits per heavy atom. The SMILES string of the molecule is Cc1ccc(-c2cc(C(=O)N3CCN(CCOc4ccc(Cl)cc4)CC3)[nH]n2)cc1C. The number of benzene rings is 2. The fourth-order valence-corrected chi connectivity index (χ4v) is 3.77. The van der Waals surface area contributed by atoms with Gasteiger partial charge in [0.2, 0.25) is 0 Å². The first kappa shape index (κ1) is 21.4. The zero-order chi connectivity index (χ0) is 21.8. The Balaban J connectivity index is 1.27. The molecule has 2 heterocycles. The van der Waals surface area contributed by atoms with Crippen molar-refractivity contribution >= 4 is 17.5 Å². The molecule has 1 aliphatic rings. The number of amides is 1. The van der Waals surface area contributed by atoms with Gasteiger partial charge in [-0.25, -0.2) is 0 Å². The lowest BCUT2D eigenvalue weighted by Gasteiger charge is -2.34. The van der Waals surface area contributed by atoms with Crippen LogP contribution in [0.1, 0.15) is 21.6 Å². The van der Waals surface area contributed by atoms with Crippen molar-refractivity contribution in [2.24, 2.45) is 0 Å². The molecule has 1 amide bonds. The van der Waals surface area contributed by atoms with E-state index in [2.05, 4.69) is 41.1 Å². The van der Waals surface area contributed by atoms with Crippen molar-refractivity contribution in [2.45, 2.75) is 13.8 Å². The fourth-order valence-electron chi connectivity index (χ4n) is 3.65. The summed E-state index contributed by atoms with van der Waals surface area (Å²) in [5.74, 6) is 0.816. The maximum atomic E-state index is 12.9. The molecule has 0 saturated carbocycles. The van der Waals surface area contributed by atoms with Crippen LogP contribution in [0.4, 0.5) is 0 Å². The van der Waals surface area contributed by atoms with E-state index in [0.29, 0.717) is 30.4 Å². The number of nitrogens with zero attached hydrogens (tertiary/aromatic N) is 3. The molecule has 7 heteroatoms. The van der Waals surface area contributed by atoms with E-state index >= 15 is 0 Å². The Hall–Kier alpha value is -2.83. The molecule has 1 fully saturated rings. The van der Waals surface area contributed by atoms with Gasteiger partial charge in [0.1, 0.15) is 18.1 Å². The Labute approximate surface area is 187 Å². The molecule has 0 radical (unpaired) electrons. The molecule has 1 aromatic heterocycles. The Kier molecular flexibility index (Phi) is 6.59. The highest BCUT2D eigenvalue weighted by Crippen LogP contribution is 2.22. The van der Waals surface area contributed by atoms with Crippen molar-refractivity contribution < 1.29 is 9.53 Å². The highest BCUT2D eigenvalue weighted by Gasteiger charge is 2.23. The predicted molar refractivity (Wildman–Crippen MR) is 123 cm³/mol. The van der Waals surface area contributed by atoms with Gasteiger partial charge >= 0.3 is 0 Å². The number of hydrogen-bond acceptors (Lipinski definition) is 4. The first-order chi connectivity index (χ1) is 15.0. The summed E-state index contributed by atoms with van der Waals surface area (Å²) in [7, 11) is 0. The summed E-state index contributed by atoms with van der Waals surface area (Å²) in [6.07, 6.45) is 0. The zero-order valence-electron chi connectivity index (χ0n) is 17.9. The summed E-state index contributed by atoms with van der Waals surface area (Å²) in [6.45, 7) is 8.64. The van der Waals surface area contributed by atoms with Crippen molar-refractivity contribution in [3.8, 4) is 17.0 Å². The van der Waals surface area contributed by atoms with E-state index in [4.69, 9.17) is 16.3 Å². The quantitative estimate of drug-likeness (QED) is 0.627. The van der Waals surface area contributed by atoms with Crippen LogP contribution in [0.5, 0.6) is 5.75 Å². The Bertz CT molecular complexity index is 1040. The summed E-state index contributed by atoms with van der Waals surface area (Å²) >= 11 is 5.89. The molecule has 4 rings (SSSR count). The highest BCUT2D eigenvalue weighted by molar-refractivity contribution is 6.30. The first-order valence-electron chi connectivity index (χ1n) is 10.5. The fraction of sp³-hybridized carbons (Fsp3) is 0.333. The number of carbonyl (C=O) groups excluding carboxylic acids is 1. The van der Waals surface area contributed by atoms with Gasteiger partial charge in [0.05, 0.1) is 5.69 Å². The van der Waals surface area contributed by atoms with Crippen molar-refractivity contribution in [2.75, 3.05) is 39.3 Å². The average molecular weight is 439 g/mol. The summed E-state index contributed by atoms with van der Waals surface area (Å²) in [6, 6.07) is 15.5. The van der Waals surface area contributed by atoms with Crippen LogP contribution >= 0.6 is 11.6 Å². The number of aromatic nitrogens is 2. The minimum Gasteiger partial charge on any atom is -0.492 e. The van der Waals surface area contributed by atoms with E-state index in [-0.39, 0.29) is 5.91 Å². The van der Waals surface area contributed by atoms with E-state index in [9.17, 15) is 4.79 Å². The third kappa shape index (κ3) is 5.27. The second-order valence-corrected chi connectivity index (χ2v) is 8.34. The number of carbonyl (C=O) groups is 1. The van der Waals surface area contributed by atoms with E-state index < -0.39 is 0 Å². The number of H-pyrrole nitrogens is 1. The highest BCUT2D eigenvalue weighted by atomic mass is 35.5. The van der Waals surface area contributed by atoms with E-state index in [1.807, 2.05) is 41.3 Å². The summed E-state index contributed by atoms with van der Waals surface area (Å²) in [4.78, 5) is 17.1. The largest absolute Gasteiger partial charge is 0.492 e. The van der Waals surface area contributed by atoms with Crippen LogP contribution in [-0.2, 0) is 0 Å². The van der Waals surface area contributed by atoms with Crippen molar-refractivity contribution in [1.82, 2.24) is 20.0 Å². The number of ether oxygens (including phenoxy) is 1. The molecule has 0 bridgehead atoms. The van der Waals surface area contributed by atoms with E-state index in [1.165, 1.54) is 11.1 Å². The number of aromatic amines is 1. The minimum absolute atomic E-state index is 0.000326. The van der Waals surface area contributed by atoms with Crippen molar-refractivity contribution in [3.05, 3.63) is 70.4 Å². The first-order valence-corrected chi connectivity index (χ1v) is 10.9. The van der Waals surface area contributed by atoms with Gasteiger partial charge in [-0.1, -0.05) is 23.7 Å². The van der Waals surface area contributed by atoms with Gasteiger partial charge in [-0.3, -0.25) is 14.8 Å². The number of rotatable bonds is 6. The van der Waals surface area contributed by atoms with Gasteiger partial charge in [-0.05, 0) is 61.4 Å². The number of piperazine rings is 1. The summed E-state index contributed by atoms with van der Waals surface area (Å²) in [5.41, 5.74) is 4.80. The summed E-state index contributed by atoms with van der Waals surface area (Å²) < 4.78 is 5.77. The van der Waals surface area contributed by atoms with E-state index in [0.717, 1.165) is 36.6 Å². The molecule has 0 atom stereocenters. The molecular formula is C24H27ClN4O2. The lowest BCUT2D eigenvalue weighted by molar-refractivity contribution is 0.0614. The molecule has 1 aliphatic heterocycles. The zero-order valence-corrected chi connectivity index (χ0v) is 18.7. The molecule has 3 aromatic rings. The van der Waals surface area contributed by atoms with Crippen LogP contribution in [0.3, 0.4) is 0 Å². The maximum Gasteiger partial charge on any atom is 0.271 e. The molecule has 1 N–H and O–H groups in total. The van der Waals surface area contributed by atoms with Gasteiger partial charge in [0.15, 0.2) is 0 Å². The third-order valence-electron chi connectivity index (χ3n) is 5.76. The van der Waals surface area contributed by atoms with Gasteiger partial charge in [0.25, 0.3) is 5.91 Å². The Morgan fingerprint density at radius 2 is 1.77 bits per heavy atom. The lowest BCUT2D eigenvalue weighted by atomic mass is 10.0. The van der Waals surface area contributed by atoms with Crippen molar-refractivity contribution in [1.29, 1.82) is 0 Å². The predicted octanol–water partition coefficient (Wildman–Crippen LogP) is 4.18. The molecule has 1 saturated heterocycles. The van der Waals surface area contributed by atoms with Crippen LogP contribution < -0.4 is 4.74 Å². The monoisotopic (exact) mass is 438 g/mol.